The fraction of sp³-hybridized carbons (Fsp3) is 0. The number of esters is 4. The lowest BCUT2D eigenvalue weighted by molar-refractivity contribution is -0.0980. The standard InChI is InChI=1S/C16H6O6.CH2O/c17-13-9-3-1-7(5-11(9)15(19)21-13)8-2-4-10-12(6-8)16(20)22-14(10)18;1-2/h1-6H;1H2. The van der Waals surface area contributed by atoms with Gasteiger partial charge in [0.25, 0.3) is 0 Å². The predicted octanol–water partition coefficient (Wildman–Crippen LogP) is 1.79. The van der Waals surface area contributed by atoms with Crippen LogP contribution < -0.4 is 0 Å². The molecule has 0 atom stereocenters. The molecule has 0 radical (unpaired) electrons. The van der Waals surface area contributed by atoms with Crippen molar-refractivity contribution in [1.82, 2.24) is 0 Å². The monoisotopic (exact) mass is 324 g/mol. The number of cyclic esters (lactones) is 4. The molecule has 2 aliphatic rings. The Labute approximate surface area is 134 Å². The Bertz CT molecular complexity index is 851. The van der Waals surface area contributed by atoms with Crippen LogP contribution in [-0.4, -0.2) is 30.7 Å². The van der Waals surface area contributed by atoms with Crippen molar-refractivity contribution in [2.45, 2.75) is 0 Å². The second kappa shape index (κ2) is 5.54. The predicted molar refractivity (Wildman–Crippen MR) is 78.5 cm³/mol. The maximum atomic E-state index is 11.6. The summed E-state index contributed by atoms with van der Waals surface area (Å²) in [5, 5.41) is 0. The van der Waals surface area contributed by atoms with E-state index in [9.17, 15) is 19.2 Å². The number of benzene rings is 2. The third-order valence-corrected chi connectivity index (χ3v) is 3.62. The Kier molecular flexibility index (Phi) is 3.53. The van der Waals surface area contributed by atoms with Crippen LogP contribution in [0.2, 0.25) is 0 Å². The van der Waals surface area contributed by atoms with Crippen molar-refractivity contribution >= 4 is 30.7 Å². The Morgan fingerprint density at radius 2 is 0.875 bits per heavy atom. The van der Waals surface area contributed by atoms with E-state index < -0.39 is 23.9 Å². The van der Waals surface area contributed by atoms with Crippen LogP contribution in [0, 0.1) is 0 Å². The van der Waals surface area contributed by atoms with E-state index in [1.54, 1.807) is 12.1 Å². The zero-order chi connectivity index (χ0) is 17.4. The van der Waals surface area contributed by atoms with Crippen LogP contribution >= 0.6 is 0 Å². The molecule has 24 heavy (non-hydrogen) atoms. The molecule has 0 saturated heterocycles. The summed E-state index contributed by atoms with van der Waals surface area (Å²) in [4.78, 5) is 54.0. The van der Waals surface area contributed by atoms with Gasteiger partial charge in [0.1, 0.15) is 6.79 Å². The van der Waals surface area contributed by atoms with E-state index in [1.807, 2.05) is 6.79 Å². The second-order valence-corrected chi connectivity index (χ2v) is 4.87. The van der Waals surface area contributed by atoms with Crippen LogP contribution in [0.3, 0.4) is 0 Å². The number of hydrogen-bond donors (Lipinski definition) is 0. The van der Waals surface area contributed by atoms with Crippen molar-refractivity contribution in [1.29, 1.82) is 0 Å². The highest BCUT2D eigenvalue weighted by atomic mass is 16.6. The van der Waals surface area contributed by atoms with E-state index in [4.69, 9.17) is 4.79 Å². The molecule has 0 aromatic heterocycles. The van der Waals surface area contributed by atoms with E-state index in [-0.39, 0.29) is 22.3 Å². The molecule has 2 aromatic rings. The number of rotatable bonds is 1. The molecule has 0 N–H and O–H groups in total. The molecular formula is C17H8O7. The number of carbonyl (C=O) groups is 5. The van der Waals surface area contributed by atoms with Crippen LogP contribution in [0.4, 0.5) is 0 Å². The van der Waals surface area contributed by atoms with Gasteiger partial charge < -0.3 is 14.3 Å². The zero-order valence-corrected chi connectivity index (χ0v) is 12.0. The van der Waals surface area contributed by atoms with Gasteiger partial charge in [-0.3, -0.25) is 0 Å². The molecule has 0 saturated carbocycles. The molecule has 2 heterocycles. The van der Waals surface area contributed by atoms with Crippen molar-refractivity contribution < 1.29 is 33.4 Å². The molecule has 0 spiro atoms. The summed E-state index contributed by atoms with van der Waals surface area (Å²) in [6.45, 7) is 2.00. The average molecular weight is 324 g/mol. The van der Waals surface area contributed by atoms with Gasteiger partial charge in [-0.1, -0.05) is 12.1 Å². The van der Waals surface area contributed by atoms with E-state index in [1.165, 1.54) is 24.3 Å². The summed E-state index contributed by atoms with van der Waals surface area (Å²) in [6.07, 6.45) is 0. The van der Waals surface area contributed by atoms with Gasteiger partial charge in [0.2, 0.25) is 0 Å². The fourth-order valence-electron chi connectivity index (χ4n) is 2.53. The van der Waals surface area contributed by atoms with E-state index in [2.05, 4.69) is 9.47 Å². The first-order valence-corrected chi connectivity index (χ1v) is 6.65. The maximum Gasteiger partial charge on any atom is 0.346 e. The van der Waals surface area contributed by atoms with Crippen molar-refractivity contribution in [3.8, 4) is 11.1 Å². The molecule has 0 bridgehead atoms. The molecular weight excluding hydrogens is 316 g/mol. The molecule has 0 fully saturated rings. The van der Waals surface area contributed by atoms with Crippen molar-refractivity contribution in [3.05, 3.63) is 58.7 Å². The minimum Gasteiger partial charge on any atom is -0.386 e. The van der Waals surface area contributed by atoms with E-state index in [0.29, 0.717) is 11.1 Å². The summed E-state index contributed by atoms with van der Waals surface area (Å²) >= 11 is 0. The summed E-state index contributed by atoms with van der Waals surface area (Å²) in [5.41, 5.74) is 2.04. The van der Waals surface area contributed by atoms with Crippen LogP contribution in [0.25, 0.3) is 11.1 Å². The van der Waals surface area contributed by atoms with Gasteiger partial charge in [-0.2, -0.15) is 0 Å². The molecule has 0 unspecified atom stereocenters. The molecule has 0 amide bonds. The SMILES string of the molecule is C=O.O=C1OC(=O)c2cc(-c3ccc4c(c3)C(=O)OC4=O)ccc21. The molecule has 2 aliphatic heterocycles. The molecule has 118 valence electrons. The van der Waals surface area contributed by atoms with Gasteiger partial charge in [-0.15, -0.1) is 0 Å². The van der Waals surface area contributed by atoms with Gasteiger partial charge in [-0.25, -0.2) is 19.2 Å². The maximum absolute atomic E-state index is 11.6. The van der Waals surface area contributed by atoms with Crippen LogP contribution in [0.15, 0.2) is 36.4 Å². The molecule has 2 aromatic carbocycles. The minimum atomic E-state index is -0.697. The van der Waals surface area contributed by atoms with Crippen molar-refractivity contribution in [3.63, 3.8) is 0 Å². The van der Waals surface area contributed by atoms with Gasteiger partial charge in [-0.05, 0) is 35.4 Å². The highest BCUT2D eigenvalue weighted by molar-refractivity contribution is 6.16. The number of carbonyl (C=O) groups excluding carboxylic acids is 5. The first-order valence-electron chi connectivity index (χ1n) is 6.65. The number of hydrogen-bond acceptors (Lipinski definition) is 7. The normalized spacial score (nSPS) is 14.3. The van der Waals surface area contributed by atoms with Gasteiger partial charge in [0.05, 0.1) is 22.3 Å². The van der Waals surface area contributed by atoms with Crippen LogP contribution in [-0.2, 0) is 14.3 Å². The molecule has 4 rings (SSSR count). The van der Waals surface area contributed by atoms with Crippen LogP contribution in [0.1, 0.15) is 41.4 Å². The summed E-state index contributed by atoms with van der Waals surface area (Å²) in [7, 11) is 0. The Morgan fingerprint density at radius 1 is 0.542 bits per heavy atom. The number of fused-ring (bicyclic) bond motifs is 2. The first-order chi connectivity index (χ1) is 11.5. The Morgan fingerprint density at radius 3 is 1.25 bits per heavy atom. The second-order valence-electron chi connectivity index (χ2n) is 4.87. The quantitative estimate of drug-likeness (QED) is 0.582. The van der Waals surface area contributed by atoms with Crippen molar-refractivity contribution in [2.24, 2.45) is 0 Å². The smallest absolute Gasteiger partial charge is 0.346 e. The fourth-order valence-corrected chi connectivity index (χ4v) is 2.53. The third-order valence-electron chi connectivity index (χ3n) is 3.62. The average Bonchev–Trinajstić information content (AvgIpc) is 3.05. The summed E-state index contributed by atoms with van der Waals surface area (Å²) in [5.74, 6) is -2.74. The molecule has 0 aliphatic carbocycles. The van der Waals surface area contributed by atoms with E-state index in [0.717, 1.165) is 0 Å². The van der Waals surface area contributed by atoms with Gasteiger partial charge in [0, 0.05) is 0 Å². The highest BCUT2D eigenvalue weighted by Crippen LogP contribution is 2.30. The minimum absolute atomic E-state index is 0.182. The molecule has 7 nitrogen and oxygen atoms in total. The largest absolute Gasteiger partial charge is 0.386 e. The third kappa shape index (κ3) is 2.19. The highest BCUT2D eigenvalue weighted by Gasteiger charge is 2.31. The summed E-state index contributed by atoms with van der Waals surface area (Å²) in [6, 6.07) is 9.31. The molecule has 7 heteroatoms. The first kappa shape index (κ1) is 15.3. The van der Waals surface area contributed by atoms with Crippen LogP contribution in [0.5, 0.6) is 0 Å². The Balaban J connectivity index is 0.000000815. The van der Waals surface area contributed by atoms with E-state index >= 15 is 0 Å². The summed E-state index contributed by atoms with van der Waals surface area (Å²) < 4.78 is 9.06. The van der Waals surface area contributed by atoms with Gasteiger partial charge >= 0.3 is 23.9 Å². The Hall–Kier alpha value is -3.61. The lowest BCUT2D eigenvalue weighted by Gasteiger charge is -2.04. The number of ether oxygens (including phenoxy) is 2. The van der Waals surface area contributed by atoms with Gasteiger partial charge in [0.15, 0.2) is 0 Å². The lowest BCUT2D eigenvalue weighted by Crippen LogP contribution is -1.97. The lowest BCUT2D eigenvalue weighted by atomic mass is 9.97. The topological polar surface area (TPSA) is 104 Å². The van der Waals surface area contributed by atoms with Crippen molar-refractivity contribution in [2.75, 3.05) is 0 Å². The zero-order valence-electron chi connectivity index (χ0n) is 12.0.